The minimum atomic E-state index is -1.56. The van der Waals surface area contributed by atoms with Crippen molar-refractivity contribution in [1.82, 2.24) is 25.3 Å². The molecule has 0 aliphatic rings. The number of aliphatic carboxylic acids is 1. The Bertz CT molecular complexity index is 1310. The summed E-state index contributed by atoms with van der Waals surface area (Å²) in [5.74, 6) is -4.72. The Hall–Kier alpha value is -4.23. The predicted molar refractivity (Wildman–Crippen MR) is 195 cm³/mol. The molecule has 290 valence electrons. The van der Waals surface area contributed by atoms with E-state index in [1.54, 1.807) is 33.8 Å². The summed E-state index contributed by atoms with van der Waals surface area (Å²) in [7, 11) is 2.77. The molecule has 0 aromatic heterocycles. The molecule has 3 N–H and O–H groups in total. The number of carboxylic acids is 1. The highest BCUT2D eigenvalue weighted by Gasteiger charge is 2.35. The summed E-state index contributed by atoms with van der Waals surface area (Å²) in [4.78, 5) is 92.8. The summed E-state index contributed by atoms with van der Waals surface area (Å²) < 4.78 is 5.28. The molecule has 0 aromatic carbocycles. The third kappa shape index (κ3) is 16.1. The number of carboxylic acid groups (broad SMARTS) is 1. The van der Waals surface area contributed by atoms with Gasteiger partial charge in [-0.1, -0.05) is 44.9 Å². The van der Waals surface area contributed by atoms with Gasteiger partial charge in [-0.3, -0.25) is 24.0 Å². The first-order valence-corrected chi connectivity index (χ1v) is 17.6. The van der Waals surface area contributed by atoms with Gasteiger partial charge in [-0.15, -0.1) is 0 Å². The molecule has 0 fully saturated rings. The molecule has 0 aromatic rings. The van der Waals surface area contributed by atoms with Crippen molar-refractivity contribution in [2.75, 3.05) is 33.8 Å². The van der Waals surface area contributed by atoms with Crippen LogP contribution in [-0.2, 0) is 38.3 Å². The number of esters is 1. The van der Waals surface area contributed by atoms with Gasteiger partial charge < -0.3 is 35.2 Å². The van der Waals surface area contributed by atoms with E-state index in [1.807, 2.05) is 13.8 Å². The Morgan fingerprint density at radius 3 is 2.00 bits per heavy atom. The van der Waals surface area contributed by atoms with Crippen LogP contribution >= 0.6 is 0 Å². The molecule has 14 heteroatoms. The topological polar surface area (TPSA) is 183 Å². The molecule has 51 heavy (non-hydrogen) atoms. The highest BCUT2D eigenvalue weighted by Crippen LogP contribution is 2.17. The lowest BCUT2D eigenvalue weighted by Crippen LogP contribution is -2.59. The molecular weight excluding hydrogens is 658 g/mol. The van der Waals surface area contributed by atoms with Crippen LogP contribution in [0.15, 0.2) is 23.3 Å². The molecule has 0 aliphatic heterocycles. The van der Waals surface area contributed by atoms with E-state index in [0.29, 0.717) is 24.3 Å². The first-order chi connectivity index (χ1) is 23.5. The van der Waals surface area contributed by atoms with Gasteiger partial charge in [0, 0.05) is 25.7 Å². The van der Waals surface area contributed by atoms with Crippen molar-refractivity contribution in [3.05, 3.63) is 23.3 Å². The molecule has 0 bridgehead atoms. The van der Waals surface area contributed by atoms with Crippen LogP contribution in [0.2, 0.25) is 0 Å². The molecule has 4 atom stereocenters. The Balaban J connectivity index is 5.31. The average Bonchev–Trinajstić information content (AvgIpc) is 3.04. The van der Waals surface area contributed by atoms with E-state index in [-0.39, 0.29) is 5.92 Å². The van der Waals surface area contributed by atoms with Crippen LogP contribution in [0.4, 0.5) is 0 Å². The smallest absolute Gasteiger partial charge is 0.333 e. The number of likely N-dealkylation sites (N-methyl/N-ethyl adjacent to an activating group) is 2. The number of ether oxygens (including phenoxy) is 1. The predicted octanol–water partition coefficient (Wildman–Crippen LogP) is 3.30. The molecule has 14 nitrogen and oxygen atoms in total. The summed E-state index contributed by atoms with van der Waals surface area (Å²) in [6.07, 6.45) is 6.99. The Morgan fingerprint density at radius 2 is 1.49 bits per heavy atom. The fourth-order valence-corrected chi connectivity index (χ4v) is 5.21. The van der Waals surface area contributed by atoms with Crippen molar-refractivity contribution in [2.45, 2.75) is 126 Å². The van der Waals surface area contributed by atoms with Crippen molar-refractivity contribution in [1.29, 1.82) is 0 Å². The van der Waals surface area contributed by atoms with Crippen LogP contribution in [0.25, 0.3) is 0 Å². The molecule has 0 rings (SSSR count). The lowest BCUT2D eigenvalue weighted by Gasteiger charge is -2.34. The zero-order valence-electron chi connectivity index (χ0n) is 33.0. The van der Waals surface area contributed by atoms with Gasteiger partial charge in [0.05, 0.1) is 13.1 Å². The number of carbonyl (C=O) groups excluding carboxylic acids is 6. The lowest BCUT2D eigenvalue weighted by molar-refractivity contribution is -0.155. The van der Waals surface area contributed by atoms with Gasteiger partial charge in [-0.2, -0.15) is 0 Å². The largest absolute Gasteiger partial charge is 0.480 e. The molecule has 0 saturated carbocycles. The third-order valence-electron chi connectivity index (χ3n) is 8.88. The van der Waals surface area contributed by atoms with Gasteiger partial charge in [0.1, 0.15) is 17.6 Å². The van der Waals surface area contributed by atoms with E-state index in [4.69, 9.17) is 4.74 Å². The maximum Gasteiger partial charge on any atom is 0.333 e. The highest BCUT2D eigenvalue weighted by molar-refractivity contribution is 5.95. The molecule has 0 aliphatic carbocycles. The van der Waals surface area contributed by atoms with Gasteiger partial charge in [0.15, 0.2) is 6.61 Å². The number of rotatable bonds is 21. The summed E-state index contributed by atoms with van der Waals surface area (Å²) in [6.45, 7) is 17.7. The minimum Gasteiger partial charge on any atom is -0.480 e. The standard InChI is InChI=1S/C37H63N5O9/c1-14-24(5)19-25(6)17-16-18-27(8)35(48)51-22-31(45)42(23(3)4)28(9)34(47)41(13)21-30(44)40(12)20-29(43)38-32(26(7)15-2)33(46)39-37(10,11)36(49)50/h14,18,23,25-26,28,32H,15-17,19-22H2,1-13H3,(H,38,43)(H,39,46)(H,49,50)/b24-14+,27-18+/t25-,26?,28-,32-/m0/s1. The number of amides is 5. The number of allylic oxidation sites excluding steroid dienone is 3. The van der Waals surface area contributed by atoms with Crippen LogP contribution in [0.1, 0.15) is 102 Å². The first-order valence-electron chi connectivity index (χ1n) is 17.6. The number of nitrogens with one attached hydrogen (secondary N) is 2. The van der Waals surface area contributed by atoms with Crippen molar-refractivity contribution in [3.63, 3.8) is 0 Å². The van der Waals surface area contributed by atoms with E-state index in [0.717, 1.165) is 22.6 Å². The quantitative estimate of drug-likeness (QED) is 0.0910. The fraction of sp³-hybridized carbons (Fsp3) is 0.703. The lowest BCUT2D eigenvalue weighted by atomic mass is 9.96. The monoisotopic (exact) mass is 721 g/mol. The zero-order valence-corrected chi connectivity index (χ0v) is 33.0. The fourth-order valence-electron chi connectivity index (χ4n) is 5.21. The van der Waals surface area contributed by atoms with E-state index in [2.05, 4.69) is 30.6 Å². The molecule has 0 heterocycles. The van der Waals surface area contributed by atoms with Crippen LogP contribution in [0, 0.1) is 11.8 Å². The number of carbonyl (C=O) groups is 7. The van der Waals surface area contributed by atoms with E-state index < -0.39 is 84.8 Å². The normalized spacial score (nSPS) is 14.5. The second-order valence-corrected chi connectivity index (χ2v) is 14.3. The van der Waals surface area contributed by atoms with Gasteiger partial charge >= 0.3 is 11.9 Å². The highest BCUT2D eigenvalue weighted by atomic mass is 16.5. The van der Waals surface area contributed by atoms with Gasteiger partial charge in [0.25, 0.3) is 5.91 Å². The molecule has 0 spiro atoms. The maximum atomic E-state index is 13.3. The van der Waals surface area contributed by atoms with Gasteiger partial charge in [-0.25, -0.2) is 9.59 Å². The SMILES string of the molecule is C/C=C(\C)C[C@@H](C)CC/C=C(\C)C(=O)OCC(=O)N(C(C)C)[C@@H](C)C(=O)N(C)CC(=O)N(C)CC(=O)N[C@H](C(=O)NC(C)(C)C(=O)O)C(C)CC. The Labute approximate surface area is 304 Å². The summed E-state index contributed by atoms with van der Waals surface area (Å²) >= 11 is 0. The zero-order chi connectivity index (χ0) is 39.8. The second-order valence-electron chi connectivity index (χ2n) is 14.3. The van der Waals surface area contributed by atoms with Crippen molar-refractivity contribution < 1.29 is 43.4 Å². The molecule has 1 unspecified atom stereocenters. The van der Waals surface area contributed by atoms with E-state index in [1.165, 1.54) is 45.3 Å². The van der Waals surface area contributed by atoms with Gasteiger partial charge in [0.2, 0.25) is 23.6 Å². The Morgan fingerprint density at radius 1 is 0.902 bits per heavy atom. The number of hydrogen-bond acceptors (Lipinski definition) is 8. The number of nitrogens with zero attached hydrogens (tertiary/aromatic N) is 3. The second kappa shape index (κ2) is 21.9. The molecular formula is C37H63N5O9. The van der Waals surface area contributed by atoms with E-state index >= 15 is 0 Å². The molecule has 5 amide bonds. The summed E-state index contributed by atoms with van der Waals surface area (Å²) in [6, 6.07) is -2.47. The average molecular weight is 722 g/mol. The molecule has 0 saturated heterocycles. The van der Waals surface area contributed by atoms with Crippen LogP contribution < -0.4 is 10.6 Å². The van der Waals surface area contributed by atoms with E-state index in [9.17, 15) is 38.7 Å². The third-order valence-corrected chi connectivity index (χ3v) is 8.88. The molecule has 0 radical (unpaired) electrons. The van der Waals surface area contributed by atoms with Crippen LogP contribution in [0.5, 0.6) is 0 Å². The Kier molecular flexibility index (Phi) is 20.1. The summed E-state index contributed by atoms with van der Waals surface area (Å²) in [5, 5.41) is 14.4. The van der Waals surface area contributed by atoms with Crippen LogP contribution in [-0.4, -0.2) is 119 Å². The first kappa shape index (κ1) is 46.8. The van der Waals surface area contributed by atoms with Gasteiger partial charge in [-0.05, 0) is 86.5 Å². The maximum absolute atomic E-state index is 13.3. The van der Waals surface area contributed by atoms with Crippen molar-refractivity contribution in [2.24, 2.45) is 11.8 Å². The van der Waals surface area contributed by atoms with Crippen molar-refractivity contribution >= 4 is 41.5 Å². The van der Waals surface area contributed by atoms with Crippen molar-refractivity contribution in [3.8, 4) is 0 Å². The summed E-state index contributed by atoms with van der Waals surface area (Å²) in [5.41, 5.74) is 0.152. The van der Waals surface area contributed by atoms with Crippen LogP contribution in [0.3, 0.4) is 0 Å². The number of hydrogen-bond donors (Lipinski definition) is 3. The minimum absolute atomic E-state index is 0.336.